The predicted molar refractivity (Wildman–Crippen MR) is 110 cm³/mol. The predicted octanol–water partition coefficient (Wildman–Crippen LogP) is 1.46. The lowest BCUT2D eigenvalue weighted by atomic mass is 10.1. The van der Waals surface area contributed by atoms with Gasteiger partial charge in [-0.15, -0.1) is 0 Å². The lowest BCUT2D eigenvalue weighted by molar-refractivity contribution is -0.938. The van der Waals surface area contributed by atoms with Gasteiger partial charge < -0.3 is 14.4 Å². The first-order valence-electron chi connectivity index (χ1n) is 10.2. The number of morpholine rings is 1. The molecule has 1 aliphatic carbocycles. The Morgan fingerprint density at radius 2 is 1.72 bits per heavy atom. The minimum Gasteiger partial charge on any atom is -0.497 e. The fourth-order valence-corrected chi connectivity index (χ4v) is 5.34. The Morgan fingerprint density at radius 3 is 2.38 bits per heavy atom. The Hall–Kier alpha value is -1.93. The number of ether oxygens (including phenoxy) is 2. The molecule has 156 valence electrons. The molecule has 1 N–H and O–H groups in total. The molecule has 1 aliphatic heterocycles. The summed E-state index contributed by atoms with van der Waals surface area (Å²) in [6.07, 6.45) is 2.47. The van der Waals surface area contributed by atoms with Gasteiger partial charge in [-0.25, -0.2) is 8.42 Å². The molecule has 2 aromatic rings. The van der Waals surface area contributed by atoms with Crippen LogP contribution >= 0.6 is 0 Å². The quantitative estimate of drug-likeness (QED) is 0.707. The molecule has 1 heterocycles. The third-order valence-electron chi connectivity index (χ3n) is 5.68. The van der Waals surface area contributed by atoms with Crippen LogP contribution in [0.5, 0.6) is 5.75 Å². The van der Waals surface area contributed by atoms with Crippen molar-refractivity contribution in [2.45, 2.75) is 36.9 Å². The van der Waals surface area contributed by atoms with Crippen molar-refractivity contribution in [1.29, 1.82) is 0 Å². The number of sulfonamides is 1. The van der Waals surface area contributed by atoms with Crippen molar-refractivity contribution in [1.82, 2.24) is 4.31 Å². The van der Waals surface area contributed by atoms with Gasteiger partial charge in [0.2, 0.25) is 10.0 Å². The van der Waals surface area contributed by atoms with Crippen LogP contribution in [0.25, 0.3) is 0 Å². The molecule has 0 bridgehead atoms. The third-order valence-corrected chi connectivity index (χ3v) is 7.58. The fraction of sp³-hybridized carbons (Fsp3) is 0.455. The maximum absolute atomic E-state index is 13.0. The zero-order valence-electron chi connectivity index (χ0n) is 16.8. The van der Waals surface area contributed by atoms with E-state index in [1.807, 2.05) is 30.3 Å². The second kappa shape index (κ2) is 8.83. The highest BCUT2D eigenvalue weighted by atomic mass is 32.2. The van der Waals surface area contributed by atoms with Crippen molar-refractivity contribution in [3.63, 3.8) is 0 Å². The minimum atomic E-state index is -3.46. The van der Waals surface area contributed by atoms with Crippen LogP contribution < -0.4 is 9.64 Å². The first-order chi connectivity index (χ1) is 14.1. The van der Waals surface area contributed by atoms with Gasteiger partial charge in [0.15, 0.2) is 0 Å². The van der Waals surface area contributed by atoms with E-state index in [9.17, 15) is 8.42 Å². The van der Waals surface area contributed by atoms with E-state index in [4.69, 9.17) is 9.47 Å². The first-order valence-corrected chi connectivity index (χ1v) is 11.6. The van der Waals surface area contributed by atoms with Gasteiger partial charge in [0.05, 0.1) is 31.3 Å². The van der Waals surface area contributed by atoms with Gasteiger partial charge in [-0.1, -0.05) is 12.1 Å². The molecule has 1 unspecified atom stereocenters. The van der Waals surface area contributed by atoms with Crippen molar-refractivity contribution >= 4 is 10.0 Å². The van der Waals surface area contributed by atoms with Gasteiger partial charge in [-0.05, 0) is 36.4 Å². The van der Waals surface area contributed by atoms with Gasteiger partial charge in [0.1, 0.15) is 18.8 Å². The van der Waals surface area contributed by atoms with E-state index in [2.05, 4.69) is 12.1 Å². The van der Waals surface area contributed by atoms with Crippen LogP contribution in [0.15, 0.2) is 53.4 Å². The third kappa shape index (κ3) is 4.98. The Morgan fingerprint density at radius 1 is 1.03 bits per heavy atom. The molecule has 1 atom stereocenters. The largest absolute Gasteiger partial charge is 0.497 e. The Labute approximate surface area is 173 Å². The normalized spacial score (nSPS) is 19.1. The van der Waals surface area contributed by atoms with Gasteiger partial charge in [0, 0.05) is 37.1 Å². The average molecular weight is 418 g/mol. The summed E-state index contributed by atoms with van der Waals surface area (Å²) < 4.78 is 38.0. The zero-order valence-corrected chi connectivity index (χ0v) is 17.7. The highest BCUT2D eigenvalue weighted by Gasteiger charge is 2.34. The van der Waals surface area contributed by atoms with Crippen LogP contribution in [0.2, 0.25) is 0 Å². The summed E-state index contributed by atoms with van der Waals surface area (Å²) in [5, 5.41) is 0. The average Bonchev–Trinajstić information content (AvgIpc) is 3.60. The second-order valence-corrected chi connectivity index (χ2v) is 9.74. The summed E-state index contributed by atoms with van der Waals surface area (Å²) in [7, 11) is -1.79. The van der Waals surface area contributed by atoms with E-state index in [0.29, 0.717) is 37.2 Å². The molecule has 0 aromatic heterocycles. The van der Waals surface area contributed by atoms with Crippen LogP contribution in [-0.2, 0) is 27.8 Å². The van der Waals surface area contributed by atoms with Gasteiger partial charge >= 0.3 is 0 Å². The van der Waals surface area contributed by atoms with Crippen LogP contribution in [0, 0.1) is 0 Å². The minimum absolute atomic E-state index is 0.386. The maximum atomic E-state index is 13.0. The number of nitrogens with one attached hydrogen (secondary N) is 1. The molecule has 0 spiro atoms. The molecule has 4 rings (SSSR count). The zero-order chi connectivity index (χ0) is 20.3. The van der Waals surface area contributed by atoms with E-state index in [1.54, 1.807) is 13.2 Å². The SMILES string of the molecule is COc1ccc(C[NH+](Cc2cccc(S(=O)(=O)N3CCOCC3)c2)C2CC2)cc1. The van der Waals surface area contributed by atoms with E-state index < -0.39 is 10.0 Å². The molecule has 2 aliphatic rings. The molecule has 7 heteroatoms. The monoisotopic (exact) mass is 417 g/mol. The van der Waals surface area contributed by atoms with Gasteiger partial charge in [-0.3, -0.25) is 0 Å². The smallest absolute Gasteiger partial charge is 0.243 e. The standard InChI is InChI=1S/C22H28N2O4S/c1-27-21-9-5-18(6-10-21)16-23(20-7-8-20)17-19-3-2-4-22(15-19)29(25,26)24-11-13-28-14-12-24/h2-6,9-10,15,20H,7-8,11-14,16-17H2,1H3/p+1. The number of rotatable bonds is 8. The summed E-state index contributed by atoms with van der Waals surface area (Å²) in [5.41, 5.74) is 2.33. The van der Waals surface area contributed by atoms with Crippen molar-refractivity contribution in [2.75, 3.05) is 33.4 Å². The molecule has 1 saturated carbocycles. The molecule has 2 aromatic carbocycles. The van der Waals surface area contributed by atoms with Crippen LogP contribution in [0.4, 0.5) is 0 Å². The van der Waals surface area contributed by atoms with E-state index in [0.717, 1.165) is 24.4 Å². The molecule has 0 amide bonds. The Bertz CT molecular complexity index is 920. The first kappa shape index (κ1) is 20.3. The number of benzene rings is 2. The molecule has 1 saturated heterocycles. The van der Waals surface area contributed by atoms with Crippen molar-refractivity contribution in [3.8, 4) is 5.75 Å². The number of nitrogens with zero attached hydrogens (tertiary/aromatic N) is 1. The van der Waals surface area contributed by atoms with E-state index >= 15 is 0 Å². The number of quaternary nitrogens is 1. The van der Waals surface area contributed by atoms with Crippen LogP contribution in [-0.4, -0.2) is 52.2 Å². The fourth-order valence-electron chi connectivity index (χ4n) is 3.86. The highest BCUT2D eigenvalue weighted by Crippen LogP contribution is 2.20. The Balaban J connectivity index is 1.49. The summed E-state index contributed by atoms with van der Waals surface area (Å²) in [4.78, 5) is 1.87. The lowest BCUT2D eigenvalue weighted by Gasteiger charge is -2.26. The molecule has 0 radical (unpaired) electrons. The molecule has 6 nitrogen and oxygen atoms in total. The summed E-state index contributed by atoms with van der Waals surface area (Å²) in [6.45, 7) is 3.51. The van der Waals surface area contributed by atoms with Crippen molar-refractivity contribution in [3.05, 3.63) is 59.7 Å². The van der Waals surface area contributed by atoms with Crippen LogP contribution in [0.3, 0.4) is 0 Å². The van der Waals surface area contributed by atoms with Crippen molar-refractivity contribution in [2.24, 2.45) is 0 Å². The molecule has 29 heavy (non-hydrogen) atoms. The highest BCUT2D eigenvalue weighted by molar-refractivity contribution is 7.89. The van der Waals surface area contributed by atoms with Gasteiger partial charge in [-0.2, -0.15) is 4.31 Å². The summed E-state index contributed by atoms with van der Waals surface area (Å²) in [5.74, 6) is 0.864. The van der Waals surface area contributed by atoms with Gasteiger partial charge in [0.25, 0.3) is 0 Å². The summed E-state index contributed by atoms with van der Waals surface area (Å²) in [6, 6.07) is 16.3. The molecule has 2 fully saturated rings. The van der Waals surface area contributed by atoms with Crippen LogP contribution in [0.1, 0.15) is 24.0 Å². The second-order valence-electron chi connectivity index (χ2n) is 7.80. The van der Waals surface area contributed by atoms with E-state index in [1.165, 1.54) is 27.6 Å². The van der Waals surface area contributed by atoms with Crippen molar-refractivity contribution < 1.29 is 22.8 Å². The topological polar surface area (TPSA) is 60.3 Å². The molecular weight excluding hydrogens is 388 g/mol. The molecular formula is C22H29N2O4S+. The number of methoxy groups -OCH3 is 1. The Kier molecular flexibility index (Phi) is 6.20. The van der Waals surface area contributed by atoms with E-state index in [-0.39, 0.29) is 0 Å². The lowest BCUT2D eigenvalue weighted by Crippen LogP contribution is -3.10. The number of hydrogen-bond acceptors (Lipinski definition) is 4. The maximum Gasteiger partial charge on any atom is 0.243 e. The summed E-state index contributed by atoms with van der Waals surface area (Å²) >= 11 is 0. The number of hydrogen-bond donors (Lipinski definition) is 1.